The molecule has 6 nitrogen and oxygen atoms in total. The number of aromatic hydroxyl groups is 1. The van der Waals surface area contributed by atoms with Gasteiger partial charge in [0.05, 0.1) is 19.8 Å². The minimum atomic E-state index is -0.912. The van der Waals surface area contributed by atoms with Crippen LogP contribution in [0.25, 0.3) is 0 Å². The SMILES string of the molecule is CCOc1cccc(CN2CCOCC2C(=O)O)c1O. The van der Waals surface area contributed by atoms with Gasteiger partial charge in [-0.2, -0.15) is 0 Å². The molecule has 1 aromatic rings. The molecule has 0 aromatic heterocycles. The monoisotopic (exact) mass is 281 g/mol. The van der Waals surface area contributed by atoms with Gasteiger partial charge in [-0.3, -0.25) is 9.69 Å². The molecule has 20 heavy (non-hydrogen) atoms. The van der Waals surface area contributed by atoms with Crippen LogP contribution in [-0.2, 0) is 16.1 Å². The van der Waals surface area contributed by atoms with E-state index in [9.17, 15) is 15.0 Å². The van der Waals surface area contributed by atoms with Crippen molar-refractivity contribution in [3.63, 3.8) is 0 Å². The lowest BCUT2D eigenvalue weighted by atomic mass is 10.1. The summed E-state index contributed by atoms with van der Waals surface area (Å²) in [5.74, 6) is -0.416. The summed E-state index contributed by atoms with van der Waals surface area (Å²) in [5, 5.41) is 19.3. The van der Waals surface area contributed by atoms with E-state index in [2.05, 4.69) is 0 Å². The van der Waals surface area contributed by atoms with Gasteiger partial charge in [-0.1, -0.05) is 12.1 Å². The van der Waals surface area contributed by atoms with E-state index in [1.807, 2.05) is 6.92 Å². The third-order valence-electron chi connectivity index (χ3n) is 3.28. The molecular formula is C14H19NO5. The summed E-state index contributed by atoms with van der Waals surface area (Å²) in [5.41, 5.74) is 0.657. The van der Waals surface area contributed by atoms with Gasteiger partial charge in [-0.15, -0.1) is 0 Å². The number of hydrogen-bond acceptors (Lipinski definition) is 5. The quantitative estimate of drug-likeness (QED) is 0.840. The van der Waals surface area contributed by atoms with Crippen LogP contribution in [0.2, 0.25) is 0 Å². The Bertz CT molecular complexity index is 477. The number of phenols is 1. The zero-order chi connectivity index (χ0) is 14.5. The fourth-order valence-electron chi connectivity index (χ4n) is 2.24. The fourth-order valence-corrected chi connectivity index (χ4v) is 2.24. The van der Waals surface area contributed by atoms with Crippen molar-refractivity contribution in [2.24, 2.45) is 0 Å². The molecule has 2 N–H and O–H groups in total. The summed E-state index contributed by atoms with van der Waals surface area (Å²) in [6.45, 7) is 3.85. The van der Waals surface area contributed by atoms with Crippen molar-refractivity contribution in [2.75, 3.05) is 26.4 Å². The number of carbonyl (C=O) groups is 1. The lowest BCUT2D eigenvalue weighted by Gasteiger charge is -2.32. The first-order chi connectivity index (χ1) is 9.63. The van der Waals surface area contributed by atoms with Crippen LogP contribution in [0.15, 0.2) is 18.2 Å². The number of carboxylic acid groups (broad SMARTS) is 1. The average Bonchev–Trinajstić information content (AvgIpc) is 2.44. The molecule has 1 unspecified atom stereocenters. The summed E-state index contributed by atoms with van der Waals surface area (Å²) in [4.78, 5) is 13.0. The number of hydrogen-bond donors (Lipinski definition) is 2. The number of aliphatic carboxylic acids is 1. The van der Waals surface area contributed by atoms with E-state index < -0.39 is 12.0 Å². The molecule has 1 heterocycles. The van der Waals surface area contributed by atoms with Crippen LogP contribution in [0.5, 0.6) is 11.5 Å². The number of para-hydroxylation sites is 1. The number of morpholine rings is 1. The van der Waals surface area contributed by atoms with Crippen molar-refractivity contribution in [3.05, 3.63) is 23.8 Å². The van der Waals surface area contributed by atoms with Crippen molar-refractivity contribution < 1.29 is 24.5 Å². The Labute approximate surface area is 117 Å². The van der Waals surface area contributed by atoms with Crippen molar-refractivity contribution in [1.29, 1.82) is 0 Å². The highest BCUT2D eigenvalue weighted by molar-refractivity contribution is 5.73. The summed E-state index contributed by atoms with van der Waals surface area (Å²) in [7, 11) is 0. The summed E-state index contributed by atoms with van der Waals surface area (Å²) in [6, 6.07) is 4.57. The van der Waals surface area contributed by atoms with Crippen molar-refractivity contribution in [2.45, 2.75) is 19.5 Å². The summed E-state index contributed by atoms with van der Waals surface area (Å²) >= 11 is 0. The maximum atomic E-state index is 11.2. The smallest absolute Gasteiger partial charge is 0.323 e. The maximum absolute atomic E-state index is 11.2. The highest BCUT2D eigenvalue weighted by Crippen LogP contribution is 2.31. The third kappa shape index (κ3) is 3.20. The van der Waals surface area contributed by atoms with Crippen LogP contribution in [0, 0.1) is 0 Å². The van der Waals surface area contributed by atoms with Gasteiger partial charge in [-0.25, -0.2) is 0 Å². The average molecular weight is 281 g/mol. The maximum Gasteiger partial charge on any atom is 0.323 e. The molecule has 0 spiro atoms. The van der Waals surface area contributed by atoms with Crippen molar-refractivity contribution in [3.8, 4) is 11.5 Å². The molecule has 1 atom stereocenters. The second-order valence-corrected chi connectivity index (χ2v) is 4.60. The molecule has 1 aliphatic rings. The molecule has 1 saturated heterocycles. The normalized spacial score (nSPS) is 19.8. The molecular weight excluding hydrogens is 262 g/mol. The van der Waals surface area contributed by atoms with Crippen LogP contribution in [-0.4, -0.2) is 53.5 Å². The van der Waals surface area contributed by atoms with Crippen LogP contribution >= 0.6 is 0 Å². The molecule has 1 aliphatic heterocycles. The number of carboxylic acids is 1. The van der Waals surface area contributed by atoms with Gasteiger partial charge >= 0.3 is 5.97 Å². The highest BCUT2D eigenvalue weighted by atomic mass is 16.5. The standard InChI is InChI=1S/C14H19NO5/c1-2-20-12-5-3-4-10(13(12)16)8-15-6-7-19-9-11(15)14(17)18/h3-5,11,16H,2,6-9H2,1H3,(H,17,18). The first kappa shape index (κ1) is 14.6. The molecule has 110 valence electrons. The predicted molar refractivity (Wildman–Crippen MR) is 71.9 cm³/mol. The van der Waals surface area contributed by atoms with Crippen LogP contribution < -0.4 is 4.74 Å². The second kappa shape index (κ2) is 6.58. The van der Waals surface area contributed by atoms with Crippen molar-refractivity contribution >= 4 is 5.97 Å². The Morgan fingerprint density at radius 2 is 2.35 bits per heavy atom. The predicted octanol–water partition coefficient (Wildman–Crippen LogP) is 1.08. The summed E-state index contributed by atoms with van der Waals surface area (Å²) < 4.78 is 10.5. The molecule has 0 radical (unpaired) electrons. The third-order valence-corrected chi connectivity index (χ3v) is 3.28. The van der Waals surface area contributed by atoms with Gasteiger partial charge in [0.2, 0.25) is 0 Å². The molecule has 2 rings (SSSR count). The van der Waals surface area contributed by atoms with Gasteiger partial charge in [0.1, 0.15) is 6.04 Å². The van der Waals surface area contributed by atoms with E-state index in [1.54, 1.807) is 23.1 Å². The van der Waals surface area contributed by atoms with Gasteiger partial charge < -0.3 is 19.7 Å². The van der Waals surface area contributed by atoms with Crippen LogP contribution in [0.4, 0.5) is 0 Å². The Morgan fingerprint density at radius 3 is 3.05 bits per heavy atom. The number of ether oxygens (including phenoxy) is 2. The van der Waals surface area contributed by atoms with Gasteiger partial charge in [-0.05, 0) is 13.0 Å². The van der Waals surface area contributed by atoms with E-state index in [4.69, 9.17) is 9.47 Å². The minimum Gasteiger partial charge on any atom is -0.504 e. The molecule has 1 aromatic carbocycles. The molecule has 6 heteroatoms. The zero-order valence-corrected chi connectivity index (χ0v) is 11.4. The Morgan fingerprint density at radius 1 is 1.55 bits per heavy atom. The first-order valence-corrected chi connectivity index (χ1v) is 6.61. The van der Waals surface area contributed by atoms with E-state index in [-0.39, 0.29) is 12.4 Å². The number of nitrogens with zero attached hydrogens (tertiary/aromatic N) is 1. The Balaban J connectivity index is 2.16. The zero-order valence-electron chi connectivity index (χ0n) is 11.4. The lowest BCUT2D eigenvalue weighted by molar-refractivity contribution is -0.150. The number of rotatable bonds is 5. The van der Waals surface area contributed by atoms with Crippen LogP contribution in [0.1, 0.15) is 12.5 Å². The topological polar surface area (TPSA) is 79.2 Å². The molecule has 0 aliphatic carbocycles. The van der Waals surface area contributed by atoms with Crippen molar-refractivity contribution in [1.82, 2.24) is 4.90 Å². The highest BCUT2D eigenvalue weighted by Gasteiger charge is 2.29. The van der Waals surface area contributed by atoms with Gasteiger partial charge in [0, 0.05) is 18.7 Å². The van der Waals surface area contributed by atoms with Crippen LogP contribution in [0.3, 0.4) is 0 Å². The fraction of sp³-hybridized carbons (Fsp3) is 0.500. The molecule has 0 bridgehead atoms. The van der Waals surface area contributed by atoms with E-state index in [0.717, 1.165) is 0 Å². The molecule has 0 saturated carbocycles. The van der Waals surface area contributed by atoms with E-state index >= 15 is 0 Å². The molecule has 0 amide bonds. The van der Waals surface area contributed by atoms with Gasteiger partial charge in [0.15, 0.2) is 11.5 Å². The Hall–Kier alpha value is -1.79. The van der Waals surface area contributed by atoms with E-state index in [1.165, 1.54) is 0 Å². The summed E-state index contributed by atoms with van der Waals surface area (Å²) in [6.07, 6.45) is 0. The number of benzene rings is 1. The minimum absolute atomic E-state index is 0.0741. The molecule has 1 fully saturated rings. The van der Waals surface area contributed by atoms with Gasteiger partial charge in [0.25, 0.3) is 0 Å². The second-order valence-electron chi connectivity index (χ2n) is 4.60. The lowest BCUT2D eigenvalue weighted by Crippen LogP contribution is -2.49. The van der Waals surface area contributed by atoms with E-state index in [0.29, 0.717) is 37.6 Å². The largest absolute Gasteiger partial charge is 0.504 e. The Kier molecular flexibility index (Phi) is 4.81. The first-order valence-electron chi connectivity index (χ1n) is 6.61. The number of phenolic OH excluding ortho intramolecular Hbond substituents is 1.